The van der Waals surface area contributed by atoms with Crippen LogP contribution in [0.2, 0.25) is 5.02 Å². The summed E-state index contributed by atoms with van der Waals surface area (Å²) in [6.07, 6.45) is 6.68. The maximum atomic E-state index is 13.1. The van der Waals surface area contributed by atoms with Crippen LogP contribution in [-0.4, -0.2) is 47.3 Å². The quantitative estimate of drug-likeness (QED) is 0.809. The zero-order valence-corrected chi connectivity index (χ0v) is 16.0. The smallest absolute Gasteiger partial charge is 0.227 e. The number of hydrogen-bond donors (Lipinski definition) is 0. The van der Waals surface area contributed by atoms with Gasteiger partial charge in [-0.1, -0.05) is 42.6 Å². The minimum Gasteiger partial charge on any atom is -0.342 e. The Morgan fingerprint density at radius 1 is 1.12 bits per heavy atom. The third kappa shape index (κ3) is 3.48. The first-order chi connectivity index (χ1) is 12.6. The van der Waals surface area contributed by atoms with Crippen LogP contribution in [0, 0.1) is 11.8 Å². The van der Waals surface area contributed by atoms with E-state index < -0.39 is 0 Å². The lowest BCUT2D eigenvalue weighted by Gasteiger charge is -2.45. The van der Waals surface area contributed by atoms with Gasteiger partial charge in [-0.15, -0.1) is 0 Å². The van der Waals surface area contributed by atoms with Gasteiger partial charge in [0, 0.05) is 37.1 Å². The van der Waals surface area contributed by atoms with Crippen LogP contribution in [0.5, 0.6) is 0 Å². The van der Waals surface area contributed by atoms with Gasteiger partial charge in [0.25, 0.3) is 0 Å². The molecule has 1 saturated carbocycles. The first-order valence-corrected chi connectivity index (χ1v) is 10.3. The van der Waals surface area contributed by atoms with E-state index in [9.17, 15) is 9.59 Å². The van der Waals surface area contributed by atoms with Crippen molar-refractivity contribution in [2.24, 2.45) is 11.8 Å². The highest BCUT2D eigenvalue weighted by Crippen LogP contribution is 2.34. The average molecular weight is 375 g/mol. The van der Waals surface area contributed by atoms with Crippen molar-refractivity contribution in [1.29, 1.82) is 0 Å². The number of likely N-dealkylation sites (tertiary alicyclic amines) is 2. The fourth-order valence-electron chi connectivity index (χ4n) is 4.88. The van der Waals surface area contributed by atoms with Crippen molar-refractivity contribution in [3.8, 4) is 0 Å². The zero-order chi connectivity index (χ0) is 18.1. The van der Waals surface area contributed by atoms with Crippen molar-refractivity contribution in [1.82, 2.24) is 9.80 Å². The Hall–Kier alpha value is -1.55. The molecule has 0 aromatic heterocycles. The molecule has 0 radical (unpaired) electrons. The second kappa shape index (κ2) is 7.59. The molecule has 1 aromatic carbocycles. The lowest BCUT2D eigenvalue weighted by atomic mass is 9.81. The van der Waals surface area contributed by atoms with Crippen LogP contribution in [-0.2, 0) is 16.0 Å². The Balaban J connectivity index is 1.35. The highest BCUT2D eigenvalue weighted by Gasteiger charge is 2.42. The van der Waals surface area contributed by atoms with Crippen LogP contribution in [0.25, 0.3) is 0 Å². The summed E-state index contributed by atoms with van der Waals surface area (Å²) in [5.41, 5.74) is 1.17. The Morgan fingerprint density at radius 3 is 2.62 bits per heavy atom. The summed E-state index contributed by atoms with van der Waals surface area (Å²) in [6.45, 7) is 2.48. The van der Waals surface area contributed by atoms with Gasteiger partial charge in [-0.25, -0.2) is 0 Å². The molecule has 26 heavy (non-hydrogen) atoms. The van der Waals surface area contributed by atoms with E-state index >= 15 is 0 Å². The van der Waals surface area contributed by atoms with Gasteiger partial charge in [0.2, 0.25) is 11.8 Å². The summed E-state index contributed by atoms with van der Waals surface area (Å²) in [6, 6.07) is 8.10. The number of nitrogens with zero attached hydrogens (tertiary/aromatic N) is 2. The van der Waals surface area contributed by atoms with Crippen molar-refractivity contribution in [2.45, 2.75) is 51.0 Å². The third-order valence-electron chi connectivity index (χ3n) is 6.29. The maximum absolute atomic E-state index is 13.1. The summed E-state index contributed by atoms with van der Waals surface area (Å²) in [4.78, 5) is 29.3. The standard InChI is InChI=1S/C21H27ClN2O2/c22-18-8-3-1-6-16(18)12-15-13-23(14-15)21(26)17-7-2-4-9-19(17)24-11-5-10-20(24)25/h1,3,6,8,15,17,19H,2,4-5,7,9-14H2/t17-,19+/m1/s1. The van der Waals surface area contributed by atoms with Crippen molar-refractivity contribution in [3.63, 3.8) is 0 Å². The molecule has 0 N–H and O–H groups in total. The molecule has 4 nitrogen and oxygen atoms in total. The van der Waals surface area contributed by atoms with Gasteiger partial charge >= 0.3 is 0 Å². The van der Waals surface area contributed by atoms with Gasteiger partial charge in [-0.3, -0.25) is 9.59 Å². The van der Waals surface area contributed by atoms with Crippen LogP contribution >= 0.6 is 11.6 Å². The number of rotatable bonds is 4. The average Bonchev–Trinajstić information content (AvgIpc) is 3.04. The van der Waals surface area contributed by atoms with Crippen molar-refractivity contribution in [2.75, 3.05) is 19.6 Å². The van der Waals surface area contributed by atoms with Crippen molar-refractivity contribution in [3.05, 3.63) is 34.9 Å². The second-order valence-corrected chi connectivity index (χ2v) is 8.46. The monoisotopic (exact) mass is 374 g/mol. The van der Waals surface area contributed by atoms with Gasteiger partial charge in [0.05, 0.1) is 5.92 Å². The zero-order valence-electron chi connectivity index (χ0n) is 15.2. The number of benzene rings is 1. The molecule has 2 atom stereocenters. The van der Waals surface area contributed by atoms with Crippen LogP contribution in [0.3, 0.4) is 0 Å². The van der Waals surface area contributed by atoms with Crippen molar-refractivity contribution < 1.29 is 9.59 Å². The molecule has 0 bridgehead atoms. The van der Waals surface area contributed by atoms with Gasteiger partial charge < -0.3 is 9.80 Å². The predicted octanol–water partition coefficient (Wildman–Crippen LogP) is 3.52. The Kier molecular flexibility index (Phi) is 5.21. The van der Waals surface area contributed by atoms with E-state index in [0.29, 0.717) is 12.3 Å². The first kappa shape index (κ1) is 17.8. The van der Waals surface area contributed by atoms with E-state index in [4.69, 9.17) is 11.6 Å². The molecule has 140 valence electrons. The van der Waals surface area contributed by atoms with E-state index in [1.165, 1.54) is 5.56 Å². The number of carbonyl (C=O) groups is 2. The predicted molar refractivity (Wildman–Crippen MR) is 102 cm³/mol. The van der Waals surface area contributed by atoms with Crippen LogP contribution in [0.15, 0.2) is 24.3 Å². The number of amides is 2. The van der Waals surface area contributed by atoms with E-state index in [2.05, 4.69) is 6.07 Å². The number of hydrogen-bond acceptors (Lipinski definition) is 2. The Bertz CT molecular complexity index is 686. The van der Waals surface area contributed by atoms with E-state index in [1.807, 2.05) is 28.0 Å². The largest absolute Gasteiger partial charge is 0.342 e. The molecule has 4 rings (SSSR count). The second-order valence-electron chi connectivity index (χ2n) is 8.05. The van der Waals surface area contributed by atoms with Crippen LogP contribution in [0.1, 0.15) is 44.1 Å². The van der Waals surface area contributed by atoms with Gasteiger partial charge in [-0.05, 0) is 43.2 Å². The fraction of sp³-hybridized carbons (Fsp3) is 0.619. The van der Waals surface area contributed by atoms with Gasteiger partial charge in [-0.2, -0.15) is 0 Å². The number of carbonyl (C=O) groups excluding carboxylic acids is 2. The Labute approximate surface area is 160 Å². The maximum Gasteiger partial charge on any atom is 0.227 e. The van der Waals surface area contributed by atoms with Crippen LogP contribution in [0.4, 0.5) is 0 Å². The van der Waals surface area contributed by atoms with E-state index in [-0.39, 0.29) is 23.8 Å². The van der Waals surface area contributed by atoms with E-state index in [1.54, 1.807) is 0 Å². The highest BCUT2D eigenvalue weighted by molar-refractivity contribution is 6.31. The summed E-state index contributed by atoms with van der Waals surface area (Å²) in [7, 11) is 0. The minimum atomic E-state index is 0.00654. The molecule has 0 spiro atoms. The molecular weight excluding hydrogens is 348 g/mol. The molecule has 3 fully saturated rings. The molecule has 0 unspecified atom stereocenters. The molecule has 2 aliphatic heterocycles. The summed E-state index contributed by atoms with van der Waals surface area (Å²) in [5.74, 6) is 1.01. The third-order valence-corrected chi connectivity index (χ3v) is 6.66. The lowest BCUT2D eigenvalue weighted by Crippen LogP contribution is -2.57. The van der Waals surface area contributed by atoms with E-state index in [0.717, 1.165) is 63.2 Å². The molecular formula is C21H27ClN2O2. The van der Waals surface area contributed by atoms with Crippen molar-refractivity contribution >= 4 is 23.4 Å². The van der Waals surface area contributed by atoms with Crippen LogP contribution < -0.4 is 0 Å². The molecule has 2 heterocycles. The molecule has 1 aliphatic carbocycles. The molecule has 3 aliphatic rings. The van der Waals surface area contributed by atoms with Gasteiger partial charge in [0.15, 0.2) is 0 Å². The SMILES string of the molecule is O=C([C@@H]1CCCC[C@@H]1N1CCCC1=O)N1CC(Cc2ccccc2Cl)C1. The Morgan fingerprint density at radius 2 is 1.88 bits per heavy atom. The fourth-order valence-corrected chi connectivity index (χ4v) is 5.09. The summed E-state index contributed by atoms with van der Waals surface area (Å²) >= 11 is 6.26. The first-order valence-electron chi connectivity index (χ1n) is 9.95. The summed E-state index contributed by atoms with van der Waals surface area (Å²) < 4.78 is 0. The lowest BCUT2D eigenvalue weighted by molar-refractivity contribution is -0.147. The number of halogens is 1. The van der Waals surface area contributed by atoms with Gasteiger partial charge in [0.1, 0.15) is 0 Å². The minimum absolute atomic E-state index is 0.00654. The molecule has 2 saturated heterocycles. The summed E-state index contributed by atoms with van der Waals surface area (Å²) in [5, 5.41) is 0.817. The highest BCUT2D eigenvalue weighted by atomic mass is 35.5. The molecule has 1 aromatic rings. The normalized spacial score (nSPS) is 26.9. The molecule has 5 heteroatoms. The molecule has 2 amide bonds. The topological polar surface area (TPSA) is 40.6 Å².